The van der Waals surface area contributed by atoms with E-state index in [9.17, 15) is 9.59 Å². The molecule has 1 saturated carbocycles. The minimum atomic E-state index is -0.355. The van der Waals surface area contributed by atoms with Crippen molar-refractivity contribution in [2.24, 2.45) is 5.92 Å². The molecule has 9 heteroatoms. The molecule has 0 atom stereocenters. The minimum absolute atomic E-state index is 0.0550. The fourth-order valence-electron chi connectivity index (χ4n) is 2.28. The van der Waals surface area contributed by atoms with Crippen LogP contribution in [0.4, 0.5) is 11.5 Å². The van der Waals surface area contributed by atoms with E-state index in [0.717, 1.165) is 19.3 Å². The molecule has 1 aliphatic carbocycles. The third kappa shape index (κ3) is 3.85. The molecular formula is C15H15Cl2N5O2. The summed E-state index contributed by atoms with van der Waals surface area (Å²) < 4.78 is 1.33. The Bertz CT molecular complexity index is 753. The lowest BCUT2D eigenvalue weighted by Gasteiger charge is -2.23. The number of para-hydroxylation sites is 1. The highest BCUT2D eigenvalue weighted by Crippen LogP contribution is 2.30. The highest BCUT2D eigenvalue weighted by atomic mass is 35.5. The number of hydrogen-bond donors (Lipinski definition) is 2. The third-order valence-electron chi connectivity index (χ3n) is 3.80. The van der Waals surface area contributed by atoms with E-state index in [1.807, 2.05) is 0 Å². The Kier molecular flexibility index (Phi) is 5.01. The largest absolute Gasteiger partial charge is 0.322 e. The van der Waals surface area contributed by atoms with E-state index < -0.39 is 0 Å². The van der Waals surface area contributed by atoms with Crippen LogP contribution >= 0.6 is 23.2 Å². The van der Waals surface area contributed by atoms with Crippen molar-refractivity contribution in [3.05, 3.63) is 34.4 Å². The van der Waals surface area contributed by atoms with Crippen molar-refractivity contribution in [3.63, 3.8) is 0 Å². The first-order valence-corrected chi connectivity index (χ1v) is 8.23. The van der Waals surface area contributed by atoms with Crippen molar-refractivity contribution in [2.75, 3.05) is 10.6 Å². The summed E-state index contributed by atoms with van der Waals surface area (Å²) in [5, 5.41) is 13.7. The van der Waals surface area contributed by atoms with Crippen LogP contribution in [0.5, 0.6) is 0 Å². The highest BCUT2D eigenvalue weighted by Gasteiger charge is 2.25. The molecule has 2 N–H and O–H groups in total. The second-order valence-corrected chi connectivity index (χ2v) is 6.38. The van der Waals surface area contributed by atoms with Crippen molar-refractivity contribution in [1.29, 1.82) is 0 Å². The molecule has 0 bridgehead atoms. The summed E-state index contributed by atoms with van der Waals surface area (Å²) in [4.78, 5) is 23.9. The van der Waals surface area contributed by atoms with E-state index in [1.54, 1.807) is 18.2 Å². The summed E-state index contributed by atoms with van der Waals surface area (Å²) in [6.07, 6.45) is 4.39. The normalized spacial score (nSPS) is 14.1. The van der Waals surface area contributed by atoms with Crippen LogP contribution in [-0.4, -0.2) is 26.8 Å². The van der Waals surface area contributed by atoms with Gasteiger partial charge in [0.25, 0.3) is 0 Å². The highest BCUT2D eigenvalue weighted by molar-refractivity contribution is 6.39. The second kappa shape index (κ2) is 7.19. The zero-order valence-corrected chi connectivity index (χ0v) is 14.1. The number of aromatic nitrogens is 3. The molecule has 2 aromatic rings. The van der Waals surface area contributed by atoms with Gasteiger partial charge in [-0.1, -0.05) is 40.9 Å². The Morgan fingerprint density at radius 3 is 2.54 bits per heavy atom. The Balaban J connectivity index is 1.58. The fourth-order valence-corrected chi connectivity index (χ4v) is 2.77. The molecule has 1 aromatic heterocycles. The third-order valence-corrected chi connectivity index (χ3v) is 4.43. The van der Waals surface area contributed by atoms with Gasteiger partial charge in [-0.05, 0) is 25.0 Å². The number of rotatable bonds is 5. The molecule has 24 heavy (non-hydrogen) atoms. The van der Waals surface area contributed by atoms with Crippen LogP contribution in [0.1, 0.15) is 19.3 Å². The summed E-state index contributed by atoms with van der Waals surface area (Å²) in [5.41, 5.74) is 0.351. The molecule has 0 spiro atoms. The van der Waals surface area contributed by atoms with Gasteiger partial charge in [0.05, 0.1) is 21.9 Å². The average molecular weight is 368 g/mol. The number of nitrogens with zero attached hydrogens (tertiary/aromatic N) is 3. The Labute approximate surface area is 148 Å². The Hall–Kier alpha value is -2.12. The topological polar surface area (TPSA) is 88.9 Å². The van der Waals surface area contributed by atoms with Crippen molar-refractivity contribution < 1.29 is 9.59 Å². The monoisotopic (exact) mass is 367 g/mol. The molecular weight excluding hydrogens is 353 g/mol. The summed E-state index contributed by atoms with van der Waals surface area (Å²) in [7, 11) is 0. The molecule has 0 aliphatic heterocycles. The molecule has 1 heterocycles. The zero-order chi connectivity index (χ0) is 17.1. The second-order valence-electron chi connectivity index (χ2n) is 5.56. The van der Waals surface area contributed by atoms with Gasteiger partial charge in [0.15, 0.2) is 5.82 Å². The predicted octanol–water partition coefficient (Wildman–Crippen LogP) is 2.96. The van der Waals surface area contributed by atoms with Gasteiger partial charge in [0, 0.05) is 5.92 Å². The maximum Gasteiger partial charge on any atom is 0.246 e. The van der Waals surface area contributed by atoms with Gasteiger partial charge in [-0.3, -0.25) is 9.59 Å². The van der Waals surface area contributed by atoms with Crippen LogP contribution in [-0.2, 0) is 16.1 Å². The Morgan fingerprint density at radius 1 is 1.21 bits per heavy atom. The van der Waals surface area contributed by atoms with E-state index in [0.29, 0.717) is 21.6 Å². The van der Waals surface area contributed by atoms with E-state index in [2.05, 4.69) is 20.9 Å². The molecule has 1 fully saturated rings. The number of carbonyl (C=O) groups is 2. The van der Waals surface area contributed by atoms with Gasteiger partial charge in [-0.25, -0.2) is 4.68 Å². The minimum Gasteiger partial charge on any atom is -0.322 e. The number of benzene rings is 1. The fraction of sp³-hybridized carbons (Fsp3) is 0.333. The molecule has 2 amide bonds. The SMILES string of the molecule is O=C(Cn1cc(NC(=O)C2CCC2)nn1)Nc1c(Cl)cccc1Cl. The number of amides is 2. The van der Waals surface area contributed by atoms with E-state index >= 15 is 0 Å². The number of anilines is 2. The smallest absolute Gasteiger partial charge is 0.246 e. The van der Waals surface area contributed by atoms with Gasteiger partial charge in [-0.15, -0.1) is 5.10 Å². The molecule has 126 valence electrons. The predicted molar refractivity (Wildman–Crippen MR) is 91.1 cm³/mol. The molecule has 0 saturated heterocycles. The van der Waals surface area contributed by atoms with Crippen LogP contribution in [0.25, 0.3) is 0 Å². The lowest BCUT2D eigenvalue weighted by atomic mass is 9.85. The standard InChI is InChI=1S/C15H15Cl2N5O2/c16-10-5-2-6-11(17)14(10)19-13(23)8-22-7-12(20-21-22)18-15(24)9-3-1-4-9/h2,5-7,9H,1,3-4,8H2,(H,18,24)(H,19,23). The quantitative estimate of drug-likeness (QED) is 0.849. The van der Waals surface area contributed by atoms with Crippen LogP contribution < -0.4 is 10.6 Å². The molecule has 7 nitrogen and oxygen atoms in total. The number of nitrogens with one attached hydrogen (secondary N) is 2. The van der Waals surface area contributed by atoms with Crippen LogP contribution in [0.15, 0.2) is 24.4 Å². The van der Waals surface area contributed by atoms with E-state index in [-0.39, 0.29) is 24.3 Å². The average Bonchev–Trinajstić information content (AvgIpc) is 2.88. The van der Waals surface area contributed by atoms with Crippen molar-refractivity contribution in [1.82, 2.24) is 15.0 Å². The van der Waals surface area contributed by atoms with Crippen LogP contribution in [0.2, 0.25) is 10.0 Å². The summed E-state index contributed by atoms with van der Waals surface area (Å²) >= 11 is 12.0. The van der Waals surface area contributed by atoms with Gasteiger partial charge in [0.2, 0.25) is 11.8 Å². The van der Waals surface area contributed by atoms with Crippen LogP contribution in [0.3, 0.4) is 0 Å². The number of carbonyl (C=O) groups excluding carboxylic acids is 2. The van der Waals surface area contributed by atoms with E-state index in [1.165, 1.54) is 10.9 Å². The summed E-state index contributed by atoms with van der Waals surface area (Å²) in [6.45, 7) is -0.0755. The van der Waals surface area contributed by atoms with Gasteiger partial charge < -0.3 is 10.6 Å². The zero-order valence-electron chi connectivity index (χ0n) is 12.6. The van der Waals surface area contributed by atoms with Crippen molar-refractivity contribution in [2.45, 2.75) is 25.8 Å². The first kappa shape index (κ1) is 16.7. The van der Waals surface area contributed by atoms with Crippen molar-refractivity contribution in [3.8, 4) is 0 Å². The van der Waals surface area contributed by atoms with Gasteiger partial charge >= 0.3 is 0 Å². The Morgan fingerprint density at radius 2 is 1.92 bits per heavy atom. The molecule has 0 unspecified atom stereocenters. The molecule has 1 aromatic carbocycles. The lowest BCUT2D eigenvalue weighted by molar-refractivity contribution is -0.122. The molecule has 1 aliphatic rings. The summed E-state index contributed by atoms with van der Waals surface area (Å²) in [5.74, 6) is -0.0244. The first-order valence-electron chi connectivity index (χ1n) is 7.48. The van der Waals surface area contributed by atoms with Gasteiger partial charge in [0.1, 0.15) is 6.54 Å². The molecule has 0 radical (unpaired) electrons. The van der Waals surface area contributed by atoms with Crippen molar-refractivity contribution >= 4 is 46.5 Å². The maximum atomic E-state index is 12.1. The number of hydrogen-bond acceptors (Lipinski definition) is 4. The molecule has 3 rings (SSSR count). The first-order chi connectivity index (χ1) is 11.5. The van der Waals surface area contributed by atoms with Crippen LogP contribution in [0, 0.1) is 5.92 Å². The maximum absolute atomic E-state index is 12.1. The lowest BCUT2D eigenvalue weighted by Crippen LogP contribution is -2.28. The van der Waals surface area contributed by atoms with E-state index in [4.69, 9.17) is 23.2 Å². The van der Waals surface area contributed by atoms with Gasteiger partial charge in [-0.2, -0.15) is 0 Å². The number of halogens is 2. The summed E-state index contributed by atoms with van der Waals surface area (Å²) in [6, 6.07) is 4.95.